The van der Waals surface area contributed by atoms with E-state index in [4.69, 9.17) is 14.6 Å². The van der Waals surface area contributed by atoms with Crippen molar-refractivity contribution in [3.63, 3.8) is 0 Å². The molecule has 2 heterocycles. The van der Waals surface area contributed by atoms with E-state index in [0.717, 1.165) is 16.2 Å². The summed E-state index contributed by atoms with van der Waals surface area (Å²) in [4.78, 5) is 0. The minimum atomic E-state index is -0.374. The van der Waals surface area contributed by atoms with E-state index in [1.54, 1.807) is 23.5 Å². The minimum absolute atomic E-state index is 0.354. The summed E-state index contributed by atoms with van der Waals surface area (Å²) in [5.41, 5.74) is 1.84. The highest BCUT2D eigenvalue weighted by molar-refractivity contribution is 7.21. The SMILES string of the molecule is CC1(C)OB(c2sccc2Nc2ccc(C#N)cc2)OC1(C)C. The quantitative estimate of drug-likeness (QED) is 0.875. The summed E-state index contributed by atoms with van der Waals surface area (Å²) in [5.74, 6) is 0. The van der Waals surface area contributed by atoms with Gasteiger partial charge >= 0.3 is 7.12 Å². The molecule has 1 aliphatic rings. The zero-order chi connectivity index (χ0) is 16.7. The van der Waals surface area contributed by atoms with Crippen LogP contribution in [-0.4, -0.2) is 18.3 Å². The Kier molecular flexibility index (Phi) is 3.97. The first-order valence-corrected chi connectivity index (χ1v) is 8.40. The second kappa shape index (κ2) is 5.68. The zero-order valence-corrected chi connectivity index (χ0v) is 14.5. The first kappa shape index (κ1) is 16.1. The molecule has 1 N–H and O–H groups in total. The van der Waals surface area contributed by atoms with Gasteiger partial charge in [0.1, 0.15) is 0 Å². The van der Waals surface area contributed by atoms with Crippen LogP contribution in [0.1, 0.15) is 33.3 Å². The van der Waals surface area contributed by atoms with Gasteiger partial charge in [0.2, 0.25) is 0 Å². The van der Waals surface area contributed by atoms with Crippen LogP contribution in [0.25, 0.3) is 0 Å². The first-order chi connectivity index (χ1) is 10.8. The zero-order valence-electron chi connectivity index (χ0n) is 13.7. The van der Waals surface area contributed by atoms with Crippen molar-refractivity contribution in [2.24, 2.45) is 0 Å². The lowest BCUT2D eigenvalue weighted by atomic mass is 9.86. The molecular weight excluding hydrogens is 307 g/mol. The van der Waals surface area contributed by atoms with Crippen LogP contribution in [0.3, 0.4) is 0 Å². The maximum Gasteiger partial charge on any atom is 0.507 e. The van der Waals surface area contributed by atoms with Crippen molar-refractivity contribution in [1.29, 1.82) is 5.26 Å². The molecule has 0 saturated carbocycles. The van der Waals surface area contributed by atoms with Gasteiger partial charge in [-0.1, -0.05) is 0 Å². The molecule has 0 radical (unpaired) electrons. The van der Waals surface area contributed by atoms with Gasteiger partial charge in [-0.2, -0.15) is 16.6 Å². The molecule has 4 nitrogen and oxygen atoms in total. The lowest BCUT2D eigenvalue weighted by molar-refractivity contribution is 0.00578. The molecule has 6 heteroatoms. The Hall–Kier alpha value is -1.81. The van der Waals surface area contributed by atoms with Crippen LogP contribution in [0.5, 0.6) is 0 Å². The number of hydrogen-bond donors (Lipinski definition) is 1. The molecule has 1 fully saturated rings. The maximum atomic E-state index is 8.87. The number of thiophene rings is 1. The van der Waals surface area contributed by atoms with Crippen LogP contribution in [0.4, 0.5) is 11.4 Å². The second-order valence-corrected chi connectivity index (χ2v) is 7.55. The van der Waals surface area contributed by atoms with Crippen LogP contribution in [0.2, 0.25) is 0 Å². The molecule has 3 rings (SSSR count). The molecule has 0 unspecified atom stereocenters. The normalized spacial score (nSPS) is 18.7. The Balaban J connectivity index is 1.82. The van der Waals surface area contributed by atoms with Crippen molar-refractivity contribution >= 4 is 34.6 Å². The van der Waals surface area contributed by atoms with E-state index >= 15 is 0 Å². The highest BCUT2D eigenvalue weighted by atomic mass is 32.1. The van der Waals surface area contributed by atoms with Gasteiger partial charge in [0.05, 0.1) is 27.6 Å². The Morgan fingerprint density at radius 3 is 2.22 bits per heavy atom. The van der Waals surface area contributed by atoms with Gasteiger partial charge in [0.15, 0.2) is 0 Å². The fourth-order valence-corrected chi connectivity index (χ4v) is 3.14. The molecule has 0 atom stereocenters. The Morgan fingerprint density at radius 1 is 1.04 bits per heavy atom. The molecule has 1 aromatic carbocycles. The van der Waals surface area contributed by atoms with Crippen LogP contribution in [0.15, 0.2) is 35.7 Å². The van der Waals surface area contributed by atoms with Gasteiger partial charge in [-0.3, -0.25) is 0 Å². The topological polar surface area (TPSA) is 54.3 Å². The molecule has 0 amide bonds. The van der Waals surface area contributed by atoms with Crippen molar-refractivity contribution in [3.05, 3.63) is 41.3 Å². The molecule has 0 bridgehead atoms. The number of nitrogens with zero attached hydrogens (tertiary/aromatic N) is 1. The monoisotopic (exact) mass is 326 g/mol. The van der Waals surface area contributed by atoms with Crippen molar-refractivity contribution in [1.82, 2.24) is 0 Å². The summed E-state index contributed by atoms with van der Waals surface area (Å²) in [6.45, 7) is 8.20. The lowest BCUT2D eigenvalue weighted by Crippen LogP contribution is -2.41. The molecule has 0 aliphatic carbocycles. The average molecular weight is 326 g/mol. The number of benzene rings is 1. The molecule has 23 heavy (non-hydrogen) atoms. The van der Waals surface area contributed by atoms with Crippen molar-refractivity contribution in [2.45, 2.75) is 38.9 Å². The van der Waals surface area contributed by atoms with E-state index in [1.807, 2.05) is 51.3 Å². The highest BCUT2D eigenvalue weighted by Gasteiger charge is 2.52. The van der Waals surface area contributed by atoms with E-state index < -0.39 is 0 Å². The van der Waals surface area contributed by atoms with E-state index in [2.05, 4.69) is 11.4 Å². The van der Waals surface area contributed by atoms with E-state index in [0.29, 0.717) is 5.56 Å². The van der Waals surface area contributed by atoms with Crippen molar-refractivity contribution in [3.8, 4) is 6.07 Å². The highest BCUT2D eigenvalue weighted by Crippen LogP contribution is 2.37. The van der Waals surface area contributed by atoms with Gasteiger partial charge in [-0.05, 0) is 63.4 Å². The fraction of sp³-hybridized carbons (Fsp3) is 0.353. The molecule has 1 aliphatic heterocycles. The Bertz CT molecular complexity index is 731. The first-order valence-electron chi connectivity index (χ1n) is 7.53. The van der Waals surface area contributed by atoms with Gasteiger partial charge in [0, 0.05) is 11.4 Å². The fourth-order valence-electron chi connectivity index (χ4n) is 2.34. The maximum absolute atomic E-state index is 8.87. The molecule has 0 spiro atoms. The van der Waals surface area contributed by atoms with Crippen LogP contribution >= 0.6 is 11.3 Å². The summed E-state index contributed by atoms with van der Waals surface area (Å²) in [5, 5.41) is 14.3. The van der Waals surface area contributed by atoms with Crippen LogP contribution in [0, 0.1) is 11.3 Å². The summed E-state index contributed by atoms with van der Waals surface area (Å²) >= 11 is 1.61. The standard InChI is InChI=1S/C17H19BN2O2S/c1-16(2)17(3,4)22-18(21-16)15-14(9-10-23-15)20-13-7-5-12(11-19)6-8-13/h5-10,20H,1-4H3. The predicted molar refractivity (Wildman–Crippen MR) is 94.5 cm³/mol. The third-order valence-electron chi connectivity index (χ3n) is 4.46. The molecular formula is C17H19BN2O2S. The van der Waals surface area contributed by atoms with Gasteiger partial charge < -0.3 is 14.6 Å². The van der Waals surface area contributed by atoms with Gasteiger partial charge in [0.25, 0.3) is 0 Å². The summed E-state index contributed by atoms with van der Waals surface area (Å²) in [6, 6.07) is 11.5. The molecule has 1 aromatic heterocycles. The number of nitriles is 1. The summed E-state index contributed by atoms with van der Waals surface area (Å²) in [7, 11) is -0.374. The minimum Gasteiger partial charge on any atom is -0.399 e. The van der Waals surface area contributed by atoms with E-state index in [9.17, 15) is 0 Å². The van der Waals surface area contributed by atoms with Gasteiger partial charge in [-0.15, -0.1) is 0 Å². The number of anilines is 2. The van der Waals surface area contributed by atoms with Crippen molar-refractivity contribution < 1.29 is 9.31 Å². The third kappa shape index (κ3) is 3.00. The number of hydrogen-bond acceptors (Lipinski definition) is 5. The number of rotatable bonds is 3. The number of nitrogens with one attached hydrogen (secondary N) is 1. The lowest BCUT2D eigenvalue weighted by Gasteiger charge is -2.32. The molecule has 1 saturated heterocycles. The van der Waals surface area contributed by atoms with Crippen molar-refractivity contribution in [2.75, 3.05) is 5.32 Å². The average Bonchev–Trinajstić information content (AvgIpc) is 3.02. The third-order valence-corrected chi connectivity index (χ3v) is 5.39. The smallest absolute Gasteiger partial charge is 0.399 e. The molecule has 118 valence electrons. The van der Waals surface area contributed by atoms with E-state index in [1.165, 1.54) is 0 Å². The Morgan fingerprint density at radius 2 is 1.65 bits per heavy atom. The predicted octanol–water partition coefficient (Wildman–Crippen LogP) is 3.66. The molecule has 2 aromatic rings. The van der Waals surface area contributed by atoms with Crippen LogP contribution in [-0.2, 0) is 9.31 Å². The summed E-state index contributed by atoms with van der Waals surface area (Å²) < 4.78 is 13.3. The Labute approximate surface area is 141 Å². The van der Waals surface area contributed by atoms with E-state index in [-0.39, 0.29) is 18.3 Å². The van der Waals surface area contributed by atoms with Crippen LogP contribution < -0.4 is 10.1 Å². The summed E-state index contributed by atoms with van der Waals surface area (Å²) in [6.07, 6.45) is 0. The second-order valence-electron chi connectivity index (χ2n) is 6.60. The van der Waals surface area contributed by atoms with Gasteiger partial charge in [-0.25, -0.2) is 0 Å². The largest absolute Gasteiger partial charge is 0.507 e.